The second-order valence-corrected chi connectivity index (χ2v) is 7.28. The molecular formula is C19H25N3O2. The topological polar surface area (TPSA) is 45.1 Å². The summed E-state index contributed by atoms with van der Waals surface area (Å²) in [7, 11) is 0. The number of aliphatic imine (C=N–C) groups is 1. The Morgan fingerprint density at radius 1 is 1.25 bits per heavy atom. The van der Waals surface area contributed by atoms with Crippen LogP contribution in [-0.2, 0) is 11.3 Å². The molecule has 1 aromatic carbocycles. The molecule has 2 aliphatic rings. The Hall–Kier alpha value is -2.14. The molecule has 0 fully saturated rings. The highest BCUT2D eigenvalue weighted by Gasteiger charge is 2.30. The van der Waals surface area contributed by atoms with Gasteiger partial charge < -0.3 is 4.74 Å². The van der Waals surface area contributed by atoms with Gasteiger partial charge in [-0.15, -0.1) is 0 Å². The van der Waals surface area contributed by atoms with Gasteiger partial charge in [0.05, 0.1) is 0 Å². The first-order valence-corrected chi connectivity index (χ1v) is 8.41. The first-order valence-electron chi connectivity index (χ1n) is 8.41. The monoisotopic (exact) mass is 327 g/mol. The lowest BCUT2D eigenvalue weighted by Gasteiger charge is -2.36. The molecule has 1 aromatic rings. The van der Waals surface area contributed by atoms with Crippen LogP contribution in [0.3, 0.4) is 0 Å². The standard InChI is InChI=1S/C19H25N3O2/c1-19(2,3)24-18(23)22-14-20-11-16-13-21(10-9-17(16)22)12-15-7-5-4-6-8-15/h4-8,11H,9-10,12-14H2,1-3H3. The molecular weight excluding hydrogens is 302 g/mol. The highest BCUT2D eigenvalue weighted by Crippen LogP contribution is 2.26. The summed E-state index contributed by atoms with van der Waals surface area (Å²) in [5.74, 6) is 0. The Bertz CT molecular complexity index is 659. The van der Waals surface area contributed by atoms with Gasteiger partial charge in [0, 0.05) is 43.5 Å². The van der Waals surface area contributed by atoms with Crippen molar-refractivity contribution in [1.82, 2.24) is 9.80 Å². The number of carbonyl (C=O) groups is 1. The van der Waals surface area contributed by atoms with Gasteiger partial charge in [0.25, 0.3) is 0 Å². The number of hydrogen-bond acceptors (Lipinski definition) is 4. The minimum absolute atomic E-state index is 0.302. The van der Waals surface area contributed by atoms with Crippen molar-refractivity contribution in [2.45, 2.75) is 39.3 Å². The van der Waals surface area contributed by atoms with Crippen LogP contribution < -0.4 is 0 Å². The molecule has 0 saturated carbocycles. The van der Waals surface area contributed by atoms with Crippen molar-refractivity contribution in [3.05, 3.63) is 47.2 Å². The maximum Gasteiger partial charge on any atom is 0.416 e. The summed E-state index contributed by atoms with van der Waals surface area (Å²) in [5, 5.41) is 0. The zero-order chi connectivity index (χ0) is 17.2. The predicted octanol–water partition coefficient (Wildman–Crippen LogP) is 3.43. The molecule has 2 heterocycles. The van der Waals surface area contributed by atoms with Crippen molar-refractivity contribution < 1.29 is 9.53 Å². The lowest BCUT2D eigenvalue weighted by atomic mass is 10.0. The molecule has 0 aromatic heterocycles. The number of ether oxygens (including phenoxy) is 1. The van der Waals surface area contributed by atoms with Crippen molar-refractivity contribution in [2.24, 2.45) is 4.99 Å². The largest absolute Gasteiger partial charge is 0.443 e. The molecule has 0 bridgehead atoms. The molecule has 0 unspecified atom stereocenters. The van der Waals surface area contributed by atoms with E-state index in [2.05, 4.69) is 34.2 Å². The van der Waals surface area contributed by atoms with Gasteiger partial charge in [-0.05, 0) is 26.3 Å². The zero-order valence-electron chi connectivity index (χ0n) is 14.7. The summed E-state index contributed by atoms with van der Waals surface area (Å²) in [6.07, 6.45) is 2.45. The van der Waals surface area contributed by atoms with Crippen LogP contribution in [0.15, 0.2) is 46.6 Å². The Balaban J connectivity index is 1.70. The average molecular weight is 327 g/mol. The number of hydrogen-bond donors (Lipinski definition) is 0. The highest BCUT2D eigenvalue weighted by atomic mass is 16.6. The van der Waals surface area contributed by atoms with Crippen LogP contribution in [-0.4, -0.2) is 47.5 Å². The first-order chi connectivity index (χ1) is 11.4. The van der Waals surface area contributed by atoms with Crippen molar-refractivity contribution in [3.63, 3.8) is 0 Å². The van der Waals surface area contributed by atoms with Crippen LogP contribution in [0, 0.1) is 0 Å². The zero-order valence-corrected chi connectivity index (χ0v) is 14.7. The molecule has 0 aliphatic carbocycles. The lowest BCUT2D eigenvalue weighted by molar-refractivity contribution is 0.0299. The molecule has 1 amide bonds. The Morgan fingerprint density at radius 2 is 2.00 bits per heavy atom. The van der Waals surface area contributed by atoms with E-state index < -0.39 is 5.60 Å². The van der Waals surface area contributed by atoms with E-state index in [9.17, 15) is 4.79 Å². The molecule has 3 rings (SSSR count). The number of amides is 1. The quantitative estimate of drug-likeness (QED) is 0.836. The fourth-order valence-electron chi connectivity index (χ4n) is 3.04. The summed E-state index contributed by atoms with van der Waals surface area (Å²) in [4.78, 5) is 20.8. The van der Waals surface area contributed by atoms with Gasteiger partial charge in [-0.25, -0.2) is 4.79 Å². The van der Waals surface area contributed by atoms with Gasteiger partial charge in [0.2, 0.25) is 0 Å². The van der Waals surface area contributed by atoms with Gasteiger partial charge >= 0.3 is 6.09 Å². The molecule has 128 valence electrons. The molecule has 2 aliphatic heterocycles. The number of rotatable bonds is 2. The van der Waals surface area contributed by atoms with E-state index in [1.54, 1.807) is 4.90 Å². The second-order valence-electron chi connectivity index (χ2n) is 7.28. The van der Waals surface area contributed by atoms with E-state index in [4.69, 9.17) is 4.74 Å². The molecule has 24 heavy (non-hydrogen) atoms. The summed E-state index contributed by atoms with van der Waals surface area (Å²) in [5.41, 5.74) is 2.99. The number of carbonyl (C=O) groups excluding carboxylic acids is 1. The summed E-state index contributed by atoms with van der Waals surface area (Å²) in [6.45, 7) is 8.67. The van der Waals surface area contributed by atoms with Gasteiger partial charge in [0.1, 0.15) is 12.3 Å². The highest BCUT2D eigenvalue weighted by molar-refractivity contribution is 5.84. The number of nitrogens with zero attached hydrogens (tertiary/aromatic N) is 3. The minimum atomic E-state index is -0.493. The molecule has 0 N–H and O–H groups in total. The summed E-state index contributed by atoms with van der Waals surface area (Å²) < 4.78 is 5.51. The van der Waals surface area contributed by atoms with Gasteiger partial charge in [-0.2, -0.15) is 0 Å². The first kappa shape index (κ1) is 16.7. The molecule has 0 saturated heterocycles. The van der Waals surface area contributed by atoms with E-state index >= 15 is 0 Å². The third-order valence-electron chi connectivity index (χ3n) is 4.09. The molecule has 0 radical (unpaired) electrons. The molecule has 5 heteroatoms. The van der Waals surface area contributed by atoms with Crippen LogP contribution >= 0.6 is 0 Å². The Kier molecular flexibility index (Phi) is 4.71. The SMILES string of the molecule is CC(C)(C)OC(=O)N1CN=CC2=C1CCN(Cc1ccccc1)C2. The third-order valence-corrected chi connectivity index (χ3v) is 4.09. The van der Waals surface area contributed by atoms with E-state index in [0.29, 0.717) is 6.67 Å². The maximum absolute atomic E-state index is 12.4. The van der Waals surface area contributed by atoms with Crippen molar-refractivity contribution in [1.29, 1.82) is 0 Å². The van der Waals surface area contributed by atoms with Crippen LogP contribution in [0.4, 0.5) is 4.79 Å². The van der Waals surface area contributed by atoms with Crippen LogP contribution in [0.1, 0.15) is 32.8 Å². The van der Waals surface area contributed by atoms with Crippen LogP contribution in [0.25, 0.3) is 0 Å². The van der Waals surface area contributed by atoms with Crippen molar-refractivity contribution >= 4 is 12.3 Å². The van der Waals surface area contributed by atoms with Crippen molar-refractivity contribution in [3.8, 4) is 0 Å². The average Bonchev–Trinajstić information content (AvgIpc) is 2.53. The fraction of sp³-hybridized carbons (Fsp3) is 0.474. The van der Waals surface area contributed by atoms with Gasteiger partial charge in [-0.3, -0.25) is 14.8 Å². The predicted molar refractivity (Wildman–Crippen MR) is 94.8 cm³/mol. The van der Waals surface area contributed by atoms with E-state index in [-0.39, 0.29) is 6.09 Å². The van der Waals surface area contributed by atoms with E-state index in [0.717, 1.165) is 37.3 Å². The van der Waals surface area contributed by atoms with Crippen LogP contribution in [0.2, 0.25) is 0 Å². The number of benzene rings is 1. The normalized spacial score (nSPS) is 18.5. The smallest absolute Gasteiger partial charge is 0.416 e. The third kappa shape index (κ3) is 4.03. The second kappa shape index (κ2) is 6.77. The van der Waals surface area contributed by atoms with E-state index in [1.807, 2.05) is 33.1 Å². The lowest BCUT2D eigenvalue weighted by Crippen LogP contribution is -2.43. The van der Waals surface area contributed by atoms with Gasteiger partial charge in [0.15, 0.2) is 0 Å². The minimum Gasteiger partial charge on any atom is -0.443 e. The van der Waals surface area contributed by atoms with Gasteiger partial charge in [-0.1, -0.05) is 30.3 Å². The van der Waals surface area contributed by atoms with Crippen LogP contribution in [0.5, 0.6) is 0 Å². The Morgan fingerprint density at radius 3 is 2.71 bits per heavy atom. The fourth-order valence-corrected chi connectivity index (χ4v) is 3.04. The molecule has 0 atom stereocenters. The Labute approximate surface area is 143 Å². The molecule has 0 spiro atoms. The van der Waals surface area contributed by atoms with Crippen molar-refractivity contribution in [2.75, 3.05) is 19.8 Å². The summed E-state index contributed by atoms with van der Waals surface area (Å²) >= 11 is 0. The summed E-state index contributed by atoms with van der Waals surface area (Å²) in [6, 6.07) is 10.5. The maximum atomic E-state index is 12.4. The van der Waals surface area contributed by atoms with E-state index in [1.165, 1.54) is 5.56 Å². The molecule has 5 nitrogen and oxygen atoms in total.